The van der Waals surface area contributed by atoms with Crippen LogP contribution in [0.15, 0.2) is 18.2 Å². The van der Waals surface area contributed by atoms with Crippen LogP contribution in [0.1, 0.15) is 48.5 Å². The van der Waals surface area contributed by atoms with Crippen LogP contribution in [-0.4, -0.2) is 29.6 Å². The summed E-state index contributed by atoms with van der Waals surface area (Å²) in [4.78, 5) is 34.2. The van der Waals surface area contributed by atoms with Gasteiger partial charge in [0, 0.05) is 25.1 Å². The Kier molecular flexibility index (Phi) is 5.55. The molecule has 7 heteroatoms. The van der Waals surface area contributed by atoms with Gasteiger partial charge in [0.1, 0.15) is 11.5 Å². The monoisotopic (exact) mass is 317 g/mol. The standard InChI is InChI=1S/C16H20BNO5/c1-10(19)14-6-2-4-11-8-12(17(22)23-16(11)14)9-13(20)5-3-7-15(18)21/h2,4,6,12,22H,3,5,7-9H2,1H3,(H2,18,21)/t12-/m1/s1. The molecule has 122 valence electrons. The molecule has 0 saturated carbocycles. The predicted octanol–water partition coefficient (Wildman–Crippen LogP) is 1.29. The summed E-state index contributed by atoms with van der Waals surface area (Å²) in [5.41, 5.74) is 6.29. The van der Waals surface area contributed by atoms with E-state index in [9.17, 15) is 19.4 Å². The van der Waals surface area contributed by atoms with Gasteiger partial charge in [0.25, 0.3) is 0 Å². The van der Waals surface area contributed by atoms with Crippen molar-refractivity contribution in [1.29, 1.82) is 0 Å². The fraction of sp³-hybridized carbons (Fsp3) is 0.438. The minimum Gasteiger partial charge on any atom is -0.535 e. The number of hydrogen-bond acceptors (Lipinski definition) is 5. The highest BCUT2D eigenvalue weighted by Crippen LogP contribution is 2.36. The molecule has 3 N–H and O–H groups in total. The van der Waals surface area contributed by atoms with E-state index < -0.39 is 13.0 Å². The van der Waals surface area contributed by atoms with Crippen molar-refractivity contribution in [2.75, 3.05) is 0 Å². The van der Waals surface area contributed by atoms with Crippen LogP contribution in [0.3, 0.4) is 0 Å². The molecule has 0 saturated heterocycles. The minimum atomic E-state index is -1.12. The Morgan fingerprint density at radius 3 is 2.74 bits per heavy atom. The molecule has 0 unspecified atom stereocenters. The molecular formula is C16H20BNO5. The number of para-hydroxylation sites is 1. The van der Waals surface area contributed by atoms with Crippen molar-refractivity contribution in [2.24, 2.45) is 5.73 Å². The molecule has 0 aliphatic carbocycles. The van der Waals surface area contributed by atoms with Crippen molar-refractivity contribution in [3.8, 4) is 5.75 Å². The van der Waals surface area contributed by atoms with Gasteiger partial charge in [-0.25, -0.2) is 0 Å². The number of carbonyl (C=O) groups excluding carboxylic acids is 3. The number of primary amides is 1. The number of fused-ring (bicyclic) bond motifs is 1. The lowest BCUT2D eigenvalue weighted by Crippen LogP contribution is -2.35. The summed E-state index contributed by atoms with van der Waals surface area (Å²) in [5.74, 6) is -0.541. The number of nitrogens with two attached hydrogens (primary N) is 1. The molecule has 1 aromatic carbocycles. The average Bonchev–Trinajstić information content (AvgIpc) is 2.46. The molecule has 0 spiro atoms. The summed E-state index contributed by atoms with van der Waals surface area (Å²) >= 11 is 0. The van der Waals surface area contributed by atoms with Gasteiger partial charge in [0.2, 0.25) is 5.91 Å². The van der Waals surface area contributed by atoms with Crippen LogP contribution >= 0.6 is 0 Å². The van der Waals surface area contributed by atoms with Gasteiger partial charge in [0.05, 0.1) is 5.56 Å². The van der Waals surface area contributed by atoms with Crippen LogP contribution in [0.4, 0.5) is 0 Å². The molecule has 1 heterocycles. The van der Waals surface area contributed by atoms with E-state index in [0.29, 0.717) is 24.2 Å². The summed E-state index contributed by atoms with van der Waals surface area (Å²) in [6, 6.07) is 5.25. The summed E-state index contributed by atoms with van der Waals surface area (Å²) < 4.78 is 5.49. The Labute approximate surface area is 135 Å². The maximum Gasteiger partial charge on any atom is 0.526 e. The first-order valence-corrected chi connectivity index (χ1v) is 7.66. The van der Waals surface area contributed by atoms with Crippen molar-refractivity contribution in [2.45, 2.75) is 44.8 Å². The maximum atomic E-state index is 12.0. The van der Waals surface area contributed by atoms with Crippen molar-refractivity contribution < 1.29 is 24.1 Å². The Morgan fingerprint density at radius 1 is 1.35 bits per heavy atom. The molecule has 1 aromatic rings. The second kappa shape index (κ2) is 7.41. The third-order valence-corrected chi connectivity index (χ3v) is 3.97. The third-order valence-electron chi connectivity index (χ3n) is 3.97. The first kappa shape index (κ1) is 17.2. The Morgan fingerprint density at radius 2 is 2.09 bits per heavy atom. The average molecular weight is 317 g/mol. The van der Waals surface area contributed by atoms with Crippen LogP contribution in [0.25, 0.3) is 0 Å². The van der Waals surface area contributed by atoms with E-state index >= 15 is 0 Å². The van der Waals surface area contributed by atoms with E-state index in [0.717, 1.165) is 5.56 Å². The lowest BCUT2D eigenvalue weighted by molar-refractivity contribution is -0.120. The van der Waals surface area contributed by atoms with Gasteiger partial charge in [-0.1, -0.05) is 12.1 Å². The van der Waals surface area contributed by atoms with E-state index in [4.69, 9.17) is 10.4 Å². The Bertz CT molecular complexity index is 631. The predicted molar refractivity (Wildman–Crippen MR) is 85.2 cm³/mol. The lowest BCUT2D eigenvalue weighted by Gasteiger charge is -2.28. The van der Waals surface area contributed by atoms with Gasteiger partial charge < -0.3 is 15.4 Å². The van der Waals surface area contributed by atoms with Crippen molar-refractivity contribution in [3.63, 3.8) is 0 Å². The molecule has 0 aromatic heterocycles. The summed E-state index contributed by atoms with van der Waals surface area (Å²) in [5, 5.41) is 10.1. The first-order valence-electron chi connectivity index (χ1n) is 7.66. The topological polar surface area (TPSA) is 107 Å². The SMILES string of the molecule is CC(=O)c1cccc2c1OB(O)[C@@H](CC(=O)CCCC(N)=O)C2. The summed E-state index contributed by atoms with van der Waals surface area (Å²) in [7, 11) is -1.12. The number of ketones is 2. The number of amides is 1. The van der Waals surface area contributed by atoms with E-state index in [1.54, 1.807) is 12.1 Å². The third kappa shape index (κ3) is 4.42. The van der Waals surface area contributed by atoms with Crippen LogP contribution in [-0.2, 0) is 16.0 Å². The van der Waals surface area contributed by atoms with Crippen molar-refractivity contribution in [3.05, 3.63) is 29.3 Å². The van der Waals surface area contributed by atoms with Gasteiger partial charge in [-0.15, -0.1) is 0 Å². The van der Waals surface area contributed by atoms with Gasteiger partial charge in [-0.2, -0.15) is 0 Å². The number of hydrogen-bond donors (Lipinski definition) is 2. The van der Waals surface area contributed by atoms with E-state index in [1.165, 1.54) is 6.92 Å². The largest absolute Gasteiger partial charge is 0.535 e. The number of Topliss-reactive ketones (excluding diaryl/α,β-unsaturated/α-hetero) is 2. The zero-order valence-electron chi connectivity index (χ0n) is 13.1. The summed E-state index contributed by atoms with van der Waals surface area (Å²) in [6.07, 6.45) is 1.50. The molecule has 1 atom stereocenters. The molecule has 0 fully saturated rings. The minimum absolute atomic E-state index is 0.0370. The van der Waals surface area contributed by atoms with Gasteiger partial charge in [-0.05, 0) is 31.4 Å². The smallest absolute Gasteiger partial charge is 0.526 e. The van der Waals surface area contributed by atoms with Crippen LogP contribution < -0.4 is 10.4 Å². The van der Waals surface area contributed by atoms with Crippen molar-refractivity contribution in [1.82, 2.24) is 0 Å². The highest BCUT2D eigenvalue weighted by Gasteiger charge is 2.37. The molecular weight excluding hydrogens is 297 g/mol. The van der Waals surface area contributed by atoms with E-state index in [1.807, 2.05) is 6.07 Å². The molecule has 23 heavy (non-hydrogen) atoms. The molecule has 6 nitrogen and oxygen atoms in total. The molecule has 1 amide bonds. The second-order valence-electron chi connectivity index (χ2n) is 5.89. The van der Waals surface area contributed by atoms with Crippen LogP contribution in [0, 0.1) is 0 Å². The lowest BCUT2D eigenvalue weighted by atomic mass is 9.64. The number of carbonyl (C=O) groups is 3. The fourth-order valence-electron chi connectivity index (χ4n) is 2.79. The van der Waals surface area contributed by atoms with Crippen molar-refractivity contribution >= 4 is 24.6 Å². The summed E-state index contributed by atoms with van der Waals surface area (Å²) in [6.45, 7) is 1.44. The van der Waals surface area contributed by atoms with Gasteiger partial charge in [0.15, 0.2) is 5.78 Å². The van der Waals surface area contributed by atoms with Crippen LogP contribution in [0.2, 0.25) is 5.82 Å². The van der Waals surface area contributed by atoms with Crippen LogP contribution in [0.5, 0.6) is 5.75 Å². The Balaban J connectivity index is 2.01. The van der Waals surface area contributed by atoms with Gasteiger partial charge in [-0.3, -0.25) is 14.4 Å². The molecule has 2 rings (SSSR count). The molecule has 0 bridgehead atoms. The molecule has 0 radical (unpaired) electrons. The zero-order valence-corrected chi connectivity index (χ0v) is 13.1. The fourth-order valence-corrected chi connectivity index (χ4v) is 2.79. The van der Waals surface area contributed by atoms with Gasteiger partial charge >= 0.3 is 7.12 Å². The highest BCUT2D eigenvalue weighted by atomic mass is 16.5. The highest BCUT2D eigenvalue weighted by molar-refractivity contribution is 6.47. The van der Waals surface area contributed by atoms with E-state index in [-0.39, 0.29) is 36.6 Å². The second-order valence-corrected chi connectivity index (χ2v) is 5.89. The normalized spacial score (nSPS) is 16.4. The molecule has 1 aliphatic rings. The quantitative estimate of drug-likeness (QED) is 0.582. The number of rotatable bonds is 7. The maximum absolute atomic E-state index is 12.0. The zero-order chi connectivity index (χ0) is 17.0. The Hall–Kier alpha value is -2.15. The molecule has 1 aliphatic heterocycles. The first-order chi connectivity index (χ1) is 10.9. The van der Waals surface area contributed by atoms with E-state index in [2.05, 4.69) is 0 Å². The number of benzene rings is 1.